The zero-order valence-corrected chi connectivity index (χ0v) is 11.1. The van der Waals surface area contributed by atoms with Gasteiger partial charge in [-0.05, 0) is 12.5 Å². The first-order valence-electron chi connectivity index (χ1n) is 6.35. The van der Waals surface area contributed by atoms with Crippen molar-refractivity contribution in [2.24, 2.45) is 0 Å². The van der Waals surface area contributed by atoms with Gasteiger partial charge in [0.15, 0.2) is 6.10 Å². The Balaban J connectivity index is 2.31. The number of hydrogen-bond donors (Lipinski definition) is 1. The van der Waals surface area contributed by atoms with E-state index in [1.807, 2.05) is 37.3 Å². The smallest absolute Gasteiger partial charge is 0.251 e. The summed E-state index contributed by atoms with van der Waals surface area (Å²) >= 11 is 0. The number of hydrogen-bond acceptors (Lipinski definition) is 3. The van der Waals surface area contributed by atoms with Gasteiger partial charge in [0.25, 0.3) is 5.91 Å². The molecular formula is C14H18N2O3. The number of nitrogens with zero attached hydrogens (tertiary/aromatic N) is 1. The van der Waals surface area contributed by atoms with Crippen LogP contribution in [0.3, 0.4) is 0 Å². The van der Waals surface area contributed by atoms with Gasteiger partial charge in [0.05, 0.1) is 6.04 Å². The van der Waals surface area contributed by atoms with Crippen LogP contribution in [0.1, 0.15) is 18.5 Å². The molecule has 1 fully saturated rings. The number of benzene rings is 1. The number of morpholine rings is 1. The molecule has 2 rings (SSSR count). The van der Waals surface area contributed by atoms with Gasteiger partial charge >= 0.3 is 0 Å². The van der Waals surface area contributed by atoms with Crippen LogP contribution in [-0.2, 0) is 14.3 Å². The van der Waals surface area contributed by atoms with Gasteiger partial charge in [-0.25, -0.2) is 0 Å². The molecule has 2 unspecified atom stereocenters. The molecule has 5 nitrogen and oxygen atoms in total. The molecule has 0 aliphatic carbocycles. The van der Waals surface area contributed by atoms with Gasteiger partial charge < -0.3 is 15.0 Å². The highest BCUT2D eigenvalue weighted by Crippen LogP contribution is 2.28. The summed E-state index contributed by atoms with van der Waals surface area (Å²) in [4.78, 5) is 25.4. The van der Waals surface area contributed by atoms with Crippen LogP contribution in [0.25, 0.3) is 0 Å². The standard InChI is InChI=1S/C14H18N2O3/c1-3-15-14(18)13-12(10-7-5-4-6-8-10)16(2)11(17)9-19-13/h4-8,12-13H,3,9H2,1-2H3,(H,15,18). The largest absolute Gasteiger partial charge is 0.356 e. The van der Waals surface area contributed by atoms with Gasteiger partial charge in [0.1, 0.15) is 6.61 Å². The molecule has 0 saturated carbocycles. The lowest BCUT2D eigenvalue weighted by atomic mass is 9.97. The minimum absolute atomic E-state index is 0.0539. The van der Waals surface area contributed by atoms with Crippen LogP contribution in [0, 0.1) is 0 Å². The van der Waals surface area contributed by atoms with E-state index >= 15 is 0 Å². The van der Waals surface area contributed by atoms with Crippen molar-refractivity contribution in [3.63, 3.8) is 0 Å². The van der Waals surface area contributed by atoms with Crippen LogP contribution in [0.15, 0.2) is 30.3 Å². The molecule has 0 bridgehead atoms. The third-order valence-corrected chi connectivity index (χ3v) is 3.23. The van der Waals surface area contributed by atoms with E-state index in [2.05, 4.69) is 5.32 Å². The molecule has 0 radical (unpaired) electrons. The average Bonchev–Trinajstić information content (AvgIpc) is 2.43. The molecule has 1 aromatic rings. The van der Waals surface area contributed by atoms with Gasteiger partial charge in [-0.15, -0.1) is 0 Å². The average molecular weight is 262 g/mol. The number of carbonyl (C=O) groups is 2. The molecule has 2 atom stereocenters. The highest BCUT2D eigenvalue weighted by molar-refractivity contribution is 5.86. The zero-order valence-electron chi connectivity index (χ0n) is 11.1. The van der Waals surface area contributed by atoms with E-state index in [1.165, 1.54) is 0 Å². The van der Waals surface area contributed by atoms with Crippen molar-refractivity contribution in [3.8, 4) is 0 Å². The topological polar surface area (TPSA) is 58.6 Å². The predicted molar refractivity (Wildman–Crippen MR) is 70.4 cm³/mol. The molecule has 1 aromatic carbocycles. The van der Waals surface area contributed by atoms with Crippen molar-refractivity contribution < 1.29 is 14.3 Å². The van der Waals surface area contributed by atoms with E-state index in [0.29, 0.717) is 6.54 Å². The maximum absolute atomic E-state index is 12.1. The molecular weight excluding hydrogens is 244 g/mol. The Morgan fingerprint density at radius 1 is 1.42 bits per heavy atom. The SMILES string of the molecule is CCNC(=O)C1OCC(=O)N(C)C1c1ccccc1. The fourth-order valence-corrected chi connectivity index (χ4v) is 2.25. The van der Waals surface area contributed by atoms with Gasteiger partial charge in [-0.3, -0.25) is 9.59 Å². The van der Waals surface area contributed by atoms with Crippen LogP contribution in [0.2, 0.25) is 0 Å². The number of likely N-dealkylation sites (N-methyl/N-ethyl adjacent to an activating group) is 2. The summed E-state index contributed by atoms with van der Waals surface area (Å²) in [7, 11) is 1.70. The lowest BCUT2D eigenvalue weighted by Crippen LogP contribution is -2.52. The van der Waals surface area contributed by atoms with E-state index in [1.54, 1.807) is 11.9 Å². The molecule has 19 heavy (non-hydrogen) atoms. The molecule has 2 amide bonds. The van der Waals surface area contributed by atoms with Crippen molar-refractivity contribution in [1.82, 2.24) is 10.2 Å². The van der Waals surface area contributed by atoms with Crippen LogP contribution < -0.4 is 5.32 Å². The van der Waals surface area contributed by atoms with E-state index in [-0.39, 0.29) is 24.5 Å². The number of carbonyl (C=O) groups excluding carboxylic acids is 2. The van der Waals surface area contributed by atoms with Gasteiger partial charge in [-0.2, -0.15) is 0 Å². The Labute approximate surface area is 112 Å². The summed E-state index contributed by atoms with van der Waals surface area (Å²) in [5.41, 5.74) is 0.898. The fraction of sp³-hybridized carbons (Fsp3) is 0.429. The van der Waals surface area contributed by atoms with Gasteiger partial charge in [0.2, 0.25) is 5.91 Å². The first-order chi connectivity index (χ1) is 9.15. The minimum atomic E-state index is -0.662. The van der Waals surface area contributed by atoms with E-state index in [9.17, 15) is 9.59 Å². The van der Waals surface area contributed by atoms with Gasteiger partial charge in [-0.1, -0.05) is 30.3 Å². The molecule has 0 spiro atoms. The maximum atomic E-state index is 12.1. The van der Waals surface area contributed by atoms with E-state index in [4.69, 9.17) is 4.74 Å². The second-order valence-corrected chi connectivity index (χ2v) is 4.49. The molecule has 1 aliphatic heterocycles. The first-order valence-corrected chi connectivity index (χ1v) is 6.35. The summed E-state index contributed by atoms with van der Waals surface area (Å²) in [6, 6.07) is 9.09. The highest BCUT2D eigenvalue weighted by atomic mass is 16.5. The summed E-state index contributed by atoms with van der Waals surface area (Å²) in [5, 5.41) is 2.75. The van der Waals surface area contributed by atoms with Crippen LogP contribution >= 0.6 is 0 Å². The van der Waals surface area contributed by atoms with Crippen molar-refractivity contribution in [1.29, 1.82) is 0 Å². The first kappa shape index (κ1) is 13.5. The molecule has 1 saturated heterocycles. The molecule has 1 N–H and O–H groups in total. The fourth-order valence-electron chi connectivity index (χ4n) is 2.25. The summed E-state index contributed by atoms with van der Waals surface area (Å²) < 4.78 is 5.44. The molecule has 0 aromatic heterocycles. The van der Waals surface area contributed by atoms with E-state index in [0.717, 1.165) is 5.56 Å². The third-order valence-electron chi connectivity index (χ3n) is 3.23. The maximum Gasteiger partial charge on any atom is 0.251 e. The number of nitrogens with one attached hydrogen (secondary N) is 1. The minimum Gasteiger partial charge on any atom is -0.356 e. The number of rotatable bonds is 3. The van der Waals surface area contributed by atoms with Crippen LogP contribution in [-0.4, -0.2) is 43.0 Å². The number of ether oxygens (including phenoxy) is 1. The van der Waals surface area contributed by atoms with Crippen LogP contribution in [0.5, 0.6) is 0 Å². The number of amides is 2. The monoisotopic (exact) mass is 262 g/mol. The second kappa shape index (κ2) is 5.84. The Hall–Kier alpha value is -1.88. The second-order valence-electron chi connectivity index (χ2n) is 4.49. The van der Waals surface area contributed by atoms with Crippen molar-refractivity contribution in [2.75, 3.05) is 20.2 Å². The predicted octanol–water partition coefficient (Wildman–Crippen LogP) is 0.721. The summed E-state index contributed by atoms with van der Waals surface area (Å²) in [5.74, 6) is -0.301. The molecule has 1 heterocycles. The van der Waals surface area contributed by atoms with E-state index < -0.39 is 6.10 Å². The zero-order chi connectivity index (χ0) is 13.8. The molecule has 1 aliphatic rings. The quantitative estimate of drug-likeness (QED) is 0.873. The highest BCUT2D eigenvalue weighted by Gasteiger charge is 2.39. The molecule has 5 heteroatoms. The van der Waals surface area contributed by atoms with Crippen LogP contribution in [0.4, 0.5) is 0 Å². The Morgan fingerprint density at radius 3 is 2.74 bits per heavy atom. The Kier molecular flexibility index (Phi) is 4.16. The van der Waals surface area contributed by atoms with Crippen molar-refractivity contribution in [2.45, 2.75) is 19.1 Å². The Morgan fingerprint density at radius 2 is 2.11 bits per heavy atom. The normalized spacial score (nSPS) is 23.3. The van der Waals surface area contributed by atoms with Crippen molar-refractivity contribution >= 4 is 11.8 Å². The molecule has 102 valence electrons. The summed E-state index contributed by atoms with van der Waals surface area (Å²) in [6.45, 7) is 2.34. The van der Waals surface area contributed by atoms with Gasteiger partial charge in [0, 0.05) is 13.6 Å². The third kappa shape index (κ3) is 2.76. The summed E-state index contributed by atoms with van der Waals surface area (Å²) in [6.07, 6.45) is -0.662. The lowest BCUT2D eigenvalue weighted by Gasteiger charge is -2.38. The lowest BCUT2D eigenvalue weighted by molar-refractivity contribution is -0.162. The Bertz CT molecular complexity index is 461. The van der Waals surface area contributed by atoms with Crippen molar-refractivity contribution in [3.05, 3.63) is 35.9 Å².